The number of non-ortho nitro benzene ring substituents is 1. The molecule has 0 aliphatic carbocycles. The molecule has 0 N–H and O–H groups in total. The van der Waals surface area contributed by atoms with Crippen LogP contribution in [0.2, 0.25) is 0 Å². The van der Waals surface area contributed by atoms with Crippen molar-refractivity contribution in [2.24, 2.45) is 0 Å². The van der Waals surface area contributed by atoms with E-state index in [2.05, 4.69) is 22.6 Å². The Bertz CT molecular complexity index is 1220. The normalized spacial score (nSPS) is 15.2. The summed E-state index contributed by atoms with van der Waals surface area (Å²) in [6.45, 7) is 5.59. The molecule has 3 rings (SSSR count). The molecule has 0 radical (unpaired) electrons. The van der Waals surface area contributed by atoms with Crippen molar-refractivity contribution in [3.05, 3.63) is 66.1 Å². The lowest BCUT2D eigenvalue weighted by Gasteiger charge is -2.19. The van der Waals surface area contributed by atoms with Gasteiger partial charge in [-0.2, -0.15) is 0 Å². The van der Waals surface area contributed by atoms with Crippen LogP contribution in [0.15, 0.2) is 41.3 Å². The number of benzene rings is 2. The number of nitro groups is 1. The van der Waals surface area contributed by atoms with Gasteiger partial charge in [-0.05, 0) is 96.6 Å². The molecule has 1 heterocycles. The summed E-state index contributed by atoms with van der Waals surface area (Å²) < 4.78 is 17.3. The van der Waals surface area contributed by atoms with Crippen molar-refractivity contribution in [2.45, 2.75) is 33.4 Å². The van der Waals surface area contributed by atoms with Crippen LogP contribution in [-0.4, -0.2) is 46.2 Å². The van der Waals surface area contributed by atoms with Gasteiger partial charge in [-0.3, -0.25) is 24.6 Å². The maximum atomic E-state index is 12.9. The zero-order valence-electron chi connectivity index (χ0n) is 19.7. The van der Waals surface area contributed by atoms with E-state index in [0.29, 0.717) is 27.2 Å². The molecule has 1 saturated heterocycles. The highest BCUT2D eigenvalue weighted by molar-refractivity contribution is 14.1. The molecular formula is C24H23IN2O8S. The van der Waals surface area contributed by atoms with E-state index in [1.165, 1.54) is 19.1 Å². The summed E-state index contributed by atoms with van der Waals surface area (Å²) in [6.07, 6.45) is 1.56. The van der Waals surface area contributed by atoms with E-state index >= 15 is 0 Å². The zero-order chi connectivity index (χ0) is 26.4. The third-order valence-electron chi connectivity index (χ3n) is 5.00. The molecular weight excluding hydrogens is 603 g/mol. The maximum absolute atomic E-state index is 12.9. The predicted molar refractivity (Wildman–Crippen MR) is 142 cm³/mol. The van der Waals surface area contributed by atoms with Gasteiger partial charge in [-0.25, -0.2) is 4.79 Å². The second-order valence-electron chi connectivity index (χ2n) is 7.45. The molecule has 0 bridgehead atoms. The number of halogens is 1. The third-order valence-corrected chi connectivity index (χ3v) is 6.68. The largest absolute Gasteiger partial charge is 0.490 e. The minimum absolute atomic E-state index is 0.00578. The van der Waals surface area contributed by atoms with E-state index in [0.717, 1.165) is 22.2 Å². The molecule has 0 spiro atoms. The number of thioether (sulfide) groups is 1. The molecule has 10 nitrogen and oxygen atoms in total. The molecule has 12 heteroatoms. The second-order valence-corrected chi connectivity index (χ2v) is 9.61. The highest BCUT2D eigenvalue weighted by atomic mass is 127. The number of nitrogens with zero attached hydrogens (tertiary/aromatic N) is 2. The Labute approximate surface area is 225 Å². The average molecular weight is 626 g/mol. The van der Waals surface area contributed by atoms with Gasteiger partial charge in [0.2, 0.25) is 0 Å². The fraction of sp³-hybridized carbons (Fsp3) is 0.292. The standard InChI is InChI=1S/C24H23IN2O8S/c1-4-33-19-11-16(12-20-22(28)26(24(30)36-20)14(3)23(29)34-5-2)10-18(25)21(19)35-13-15-6-8-17(9-7-15)27(31)32/h6-12,14H,4-5,13H2,1-3H3/b20-12+/t14-/m0/s1. The summed E-state index contributed by atoms with van der Waals surface area (Å²) in [7, 11) is 0. The first-order chi connectivity index (χ1) is 17.2. The number of carbonyl (C=O) groups excluding carboxylic acids is 3. The Morgan fingerprint density at radius 1 is 1.17 bits per heavy atom. The van der Waals surface area contributed by atoms with Gasteiger partial charge in [0, 0.05) is 12.1 Å². The summed E-state index contributed by atoms with van der Waals surface area (Å²) in [4.78, 5) is 48.8. The smallest absolute Gasteiger partial charge is 0.329 e. The molecule has 0 saturated carbocycles. The number of imide groups is 1. The number of hydrogen-bond donors (Lipinski definition) is 0. The summed E-state index contributed by atoms with van der Waals surface area (Å²) in [5, 5.41) is 10.3. The van der Waals surface area contributed by atoms with Crippen molar-refractivity contribution in [3.8, 4) is 11.5 Å². The molecule has 1 atom stereocenters. The van der Waals surface area contributed by atoms with Crippen LogP contribution >= 0.6 is 34.4 Å². The van der Waals surface area contributed by atoms with E-state index in [9.17, 15) is 24.5 Å². The summed E-state index contributed by atoms with van der Waals surface area (Å²) in [5.41, 5.74) is 1.35. The van der Waals surface area contributed by atoms with E-state index in [1.54, 1.807) is 37.3 Å². The lowest BCUT2D eigenvalue weighted by Crippen LogP contribution is -2.42. The minimum atomic E-state index is -1.03. The number of rotatable bonds is 10. The van der Waals surface area contributed by atoms with Crippen molar-refractivity contribution >= 4 is 63.2 Å². The van der Waals surface area contributed by atoms with Crippen molar-refractivity contribution in [1.82, 2.24) is 4.90 Å². The fourth-order valence-electron chi connectivity index (χ4n) is 3.28. The number of amides is 2. The topological polar surface area (TPSA) is 125 Å². The van der Waals surface area contributed by atoms with E-state index in [1.807, 2.05) is 6.92 Å². The Morgan fingerprint density at radius 2 is 1.86 bits per heavy atom. The fourth-order valence-corrected chi connectivity index (χ4v) is 4.97. The summed E-state index contributed by atoms with van der Waals surface area (Å²) in [5.74, 6) is -0.297. The van der Waals surface area contributed by atoms with Crippen molar-refractivity contribution < 1.29 is 33.5 Å². The third kappa shape index (κ3) is 6.35. The molecule has 36 heavy (non-hydrogen) atoms. The minimum Gasteiger partial charge on any atom is -0.490 e. The molecule has 0 aromatic heterocycles. The molecule has 2 aromatic rings. The lowest BCUT2D eigenvalue weighted by atomic mass is 10.1. The van der Waals surface area contributed by atoms with E-state index in [-0.39, 0.29) is 23.8 Å². The SMILES string of the molecule is CCOC(=O)[C@H](C)N1C(=O)S/C(=C/c2cc(I)c(OCc3ccc([N+](=O)[O-])cc3)c(OCC)c2)C1=O. The first-order valence-electron chi connectivity index (χ1n) is 10.9. The number of carbonyl (C=O) groups is 3. The van der Waals surface area contributed by atoms with Crippen LogP contribution < -0.4 is 9.47 Å². The van der Waals surface area contributed by atoms with Gasteiger partial charge >= 0.3 is 5.97 Å². The van der Waals surface area contributed by atoms with Gasteiger partial charge in [0.25, 0.3) is 16.8 Å². The van der Waals surface area contributed by atoms with Gasteiger partial charge in [0.15, 0.2) is 11.5 Å². The van der Waals surface area contributed by atoms with Gasteiger partial charge in [0.1, 0.15) is 12.6 Å². The highest BCUT2D eigenvalue weighted by Gasteiger charge is 2.41. The van der Waals surface area contributed by atoms with Gasteiger partial charge in [0.05, 0.1) is 26.6 Å². The van der Waals surface area contributed by atoms with Crippen LogP contribution in [0.3, 0.4) is 0 Å². The molecule has 1 aliphatic heterocycles. The van der Waals surface area contributed by atoms with Crippen LogP contribution in [0.1, 0.15) is 31.9 Å². The van der Waals surface area contributed by atoms with Crippen molar-refractivity contribution in [1.29, 1.82) is 0 Å². The first kappa shape index (κ1) is 27.5. The number of esters is 1. The van der Waals surface area contributed by atoms with Crippen LogP contribution in [0.5, 0.6) is 11.5 Å². The lowest BCUT2D eigenvalue weighted by molar-refractivity contribution is -0.384. The second kappa shape index (κ2) is 12.2. The highest BCUT2D eigenvalue weighted by Crippen LogP contribution is 2.38. The molecule has 2 amide bonds. The summed E-state index contributed by atoms with van der Waals surface area (Å²) >= 11 is 2.83. The Hall–Kier alpha value is -3.13. The molecule has 0 unspecified atom stereocenters. The Balaban J connectivity index is 1.82. The monoisotopic (exact) mass is 626 g/mol. The number of nitro benzene ring substituents is 1. The predicted octanol–water partition coefficient (Wildman–Crippen LogP) is 5.17. The zero-order valence-corrected chi connectivity index (χ0v) is 22.7. The number of hydrogen-bond acceptors (Lipinski definition) is 9. The quantitative estimate of drug-likeness (QED) is 0.116. The van der Waals surface area contributed by atoms with Crippen LogP contribution in [-0.2, 0) is 20.9 Å². The van der Waals surface area contributed by atoms with Crippen LogP contribution in [0.4, 0.5) is 10.5 Å². The van der Waals surface area contributed by atoms with Crippen LogP contribution in [0.25, 0.3) is 6.08 Å². The molecule has 1 fully saturated rings. The van der Waals surface area contributed by atoms with E-state index < -0.39 is 28.1 Å². The van der Waals surface area contributed by atoms with Gasteiger partial charge in [-0.15, -0.1) is 0 Å². The van der Waals surface area contributed by atoms with Crippen LogP contribution in [0, 0.1) is 13.7 Å². The first-order valence-corrected chi connectivity index (χ1v) is 12.8. The average Bonchev–Trinajstić information content (AvgIpc) is 3.11. The summed E-state index contributed by atoms with van der Waals surface area (Å²) in [6, 6.07) is 8.49. The van der Waals surface area contributed by atoms with Gasteiger partial charge < -0.3 is 14.2 Å². The molecule has 2 aromatic carbocycles. The molecule has 190 valence electrons. The maximum Gasteiger partial charge on any atom is 0.329 e. The number of ether oxygens (including phenoxy) is 3. The van der Waals surface area contributed by atoms with Gasteiger partial charge in [-0.1, -0.05) is 0 Å². The van der Waals surface area contributed by atoms with Crippen molar-refractivity contribution in [3.63, 3.8) is 0 Å². The Kier molecular flexibility index (Phi) is 9.31. The Morgan fingerprint density at radius 3 is 2.47 bits per heavy atom. The van der Waals surface area contributed by atoms with E-state index in [4.69, 9.17) is 14.2 Å². The van der Waals surface area contributed by atoms with Crippen molar-refractivity contribution in [2.75, 3.05) is 13.2 Å². The molecule has 1 aliphatic rings.